The van der Waals surface area contributed by atoms with E-state index in [-0.39, 0.29) is 16.8 Å². The van der Waals surface area contributed by atoms with Crippen molar-refractivity contribution in [3.63, 3.8) is 0 Å². The number of carboxylic acid groups (broad SMARTS) is 1. The van der Waals surface area contributed by atoms with Crippen molar-refractivity contribution in [3.8, 4) is 0 Å². The second kappa shape index (κ2) is 3.53. The van der Waals surface area contributed by atoms with E-state index in [1.807, 2.05) is 0 Å². The molecule has 1 heterocycles. The van der Waals surface area contributed by atoms with Crippen LogP contribution in [-0.2, 0) is 12.8 Å². The third kappa shape index (κ3) is 1.56. The van der Waals surface area contributed by atoms with Crippen molar-refractivity contribution in [1.82, 2.24) is 0 Å². The molecule has 4 nitrogen and oxygen atoms in total. The third-order valence-electron chi connectivity index (χ3n) is 2.76. The number of carbonyl (C=O) groups is 1. The molecule has 2 rings (SSSR count). The zero-order chi connectivity index (χ0) is 11.0. The second-order valence-electron chi connectivity index (χ2n) is 3.78. The molecule has 80 valence electrons. The van der Waals surface area contributed by atoms with Gasteiger partial charge < -0.3 is 9.52 Å². The smallest absolute Gasteiger partial charge is 0.343 e. The molecule has 0 aliphatic heterocycles. The summed E-state index contributed by atoms with van der Waals surface area (Å²) < 4.78 is 5.39. The van der Waals surface area contributed by atoms with Crippen molar-refractivity contribution in [3.05, 3.63) is 32.9 Å². The van der Waals surface area contributed by atoms with E-state index < -0.39 is 5.97 Å². The summed E-state index contributed by atoms with van der Waals surface area (Å²) in [6, 6.07) is 0. The maximum absolute atomic E-state index is 11.8. The van der Waals surface area contributed by atoms with Gasteiger partial charge in [-0.05, 0) is 26.2 Å². The molecule has 0 saturated carbocycles. The van der Waals surface area contributed by atoms with Crippen LogP contribution < -0.4 is 5.43 Å². The predicted molar refractivity (Wildman–Crippen MR) is 53.3 cm³/mol. The molecule has 0 saturated heterocycles. The molecule has 0 atom stereocenters. The molecule has 1 aromatic rings. The van der Waals surface area contributed by atoms with E-state index >= 15 is 0 Å². The Labute approximate surface area is 86.5 Å². The van der Waals surface area contributed by atoms with Gasteiger partial charge in [0.15, 0.2) is 0 Å². The van der Waals surface area contributed by atoms with Crippen molar-refractivity contribution in [2.24, 2.45) is 0 Å². The SMILES string of the molecule is Cc1oc2c(c(=O)c1C(=O)O)CCCC2. The highest BCUT2D eigenvalue weighted by Crippen LogP contribution is 2.20. The number of aromatic carboxylic acids is 1. The molecule has 0 radical (unpaired) electrons. The first-order valence-corrected chi connectivity index (χ1v) is 5.00. The van der Waals surface area contributed by atoms with Crippen molar-refractivity contribution in [2.45, 2.75) is 32.6 Å². The van der Waals surface area contributed by atoms with E-state index in [2.05, 4.69) is 0 Å². The van der Waals surface area contributed by atoms with E-state index in [1.54, 1.807) is 0 Å². The van der Waals surface area contributed by atoms with Crippen LogP contribution in [0.4, 0.5) is 0 Å². The predicted octanol–water partition coefficient (Wildman–Crippen LogP) is 1.53. The maximum Gasteiger partial charge on any atom is 0.343 e. The number of rotatable bonds is 1. The minimum Gasteiger partial charge on any atom is -0.477 e. The van der Waals surface area contributed by atoms with Crippen LogP contribution in [0.3, 0.4) is 0 Å². The minimum absolute atomic E-state index is 0.212. The Morgan fingerprint density at radius 1 is 1.33 bits per heavy atom. The van der Waals surface area contributed by atoms with E-state index in [0.717, 1.165) is 19.3 Å². The highest BCUT2D eigenvalue weighted by molar-refractivity contribution is 5.88. The first-order valence-electron chi connectivity index (χ1n) is 5.00. The number of aryl methyl sites for hydroxylation is 2. The number of fused-ring (bicyclic) bond motifs is 1. The molecular formula is C11H12O4. The minimum atomic E-state index is -1.20. The van der Waals surface area contributed by atoms with Gasteiger partial charge in [-0.2, -0.15) is 0 Å². The summed E-state index contributed by atoms with van der Waals surface area (Å²) in [5.41, 5.74) is -0.0131. The average Bonchev–Trinajstić information content (AvgIpc) is 2.17. The van der Waals surface area contributed by atoms with Gasteiger partial charge in [0.25, 0.3) is 0 Å². The molecule has 0 aromatic carbocycles. The summed E-state index contributed by atoms with van der Waals surface area (Å²) in [5.74, 6) is -0.309. The Hall–Kier alpha value is -1.58. The molecule has 4 heteroatoms. The summed E-state index contributed by atoms with van der Waals surface area (Å²) in [4.78, 5) is 22.7. The molecule has 0 amide bonds. The van der Waals surface area contributed by atoms with Crippen molar-refractivity contribution in [2.75, 3.05) is 0 Å². The van der Waals surface area contributed by atoms with E-state index in [0.29, 0.717) is 17.7 Å². The van der Waals surface area contributed by atoms with Crippen LogP contribution in [0.5, 0.6) is 0 Å². The first kappa shape index (κ1) is 9.96. The molecular weight excluding hydrogens is 196 g/mol. The lowest BCUT2D eigenvalue weighted by Gasteiger charge is -2.14. The Bertz CT molecular complexity index is 470. The zero-order valence-corrected chi connectivity index (χ0v) is 8.50. The molecule has 0 unspecified atom stereocenters. The van der Waals surface area contributed by atoms with Gasteiger partial charge in [0.1, 0.15) is 17.1 Å². The monoisotopic (exact) mass is 208 g/mol. The normalized spacial score (nSPS) is 14.7. The Morgan fingerprint density at radius 3 is 2.67 bits per heavy atom. The van der Waals surface area contributed by atoms with Crippen LogP contribution in [0.15, 0.2) is 9.21 Å². The van der Waals surface area contributed by atoms with Gasteiger partial charge in [-0.15, -0.1) is 0 Å². The summed E-state index contributed by atoms with van der Waals surface area (Å²) in [6.45, 7) is 1.53. The average molecular weight is 208 g/mol. The fraction of sp³-hybridized carbons (Fsp3) is 0.455. The van der Waals surface area contributed by atoms with Crippen LogP contribution in [0.2, 0.25) is 0 Å². The summed E-state index contributed by atoms with van der Waals surface area (Å²) in [7, 11) is 0. The van der Waals surface area contributed by atoms with Crippen LogP contribution in [-0.4, -0.2) is 11.1 Å². The quantitative estimate of drug-likeness (QED) is 0.759. The molecule has 1 N–H and O–H groups in total. The maximum atomic E-state index is 11.8. The van der Waals surface area contributed by atoms with Gasteiger partial charge in [0.05, 0.1) is 0 Å². The van der Waals surface area contributed by atoms with Gasteiger partial charge >= 0.3 is 5.97 Å². The van der Waals surface area contributed by atoms with Gasteiger partial charge in [-0.1, -0.05) is 0 Å². The van der Waals surface area contributed by atoms with E-state index in [1.165, 1.54) is 6.92 Å². The standard InChI is InChI=1S/C11H12O4/c1-6-9(11(13)14)10(12)7-4-2-3-5-8(7)15-6/h2-5H2,1H3,(H,13,14). The van der Waals surface area contributed by atoms with Crippen molar-refractivity contribution in [1.29, 1.82) is 0 Å². The van der Waals surface area contributed by atoms with Gasteiger partial charge in [-0.25, -0.2) is 4.79 Å². The largest absolute Gasteiger partial charge is 0.477 e. The molecule has 1 aliphatic rings. The van der Waals surface area contributed by atoms with Crippen molar-refractivity contribution >= 4 is 5.97 Å². The van der Waals surface area contributed by atoms with Crippen LogP contribution in [0.25, 0.3) is 0 Å². The molecule has 0 bridgehead atoms. The second-order valence-corrected chi connectivity index (χ2v) is 3.78. The number of hydrogen-bond donors (Lipinski definition) is 1. The number of hydrogen-bond acceptors (Lipinski definition) is 3. The highest BCUT2D eigenvalue weighted by Gasteiger charge is 2.23. The van der Waals surface area contributed by atoms with Crippen LogP contribution >= 0.6 is 0 Å². The molecule has 15 heavy (non-hydrogen) atoms. The van der Waals surface area contributed by atoms with Crippen molar-refractivity contribution < 1.29 is 14.3 Å². The summed E-state index contributed by atoms with van der Waals surface area (Å²) >= 11 is 0. The molecule has 0 spiro atoms. The fourth-order valence-electron chi connectivity index (χ4n) is 2.02. The van der Waals surface area contributed by atoms with Gasteiger partial charge in [0, 0.05) is 12.0 Å². The van der Waals surface area contributed by atoms with E-state index in [9.17, 15) is 9.59 Å². The first-order chi connectivity index (χ1) is 7.11. The summed E-state index contributed by atoms with van der Waals surface area (Å²) in [5, 5.41) is 8.89. The van der Waals surface area contributed by atoms with Crippen LogP contribution in [0.1, 0.15) is 40.3 Å². The number of carboxylic acids is 1. The lowest BCUT2D eigenvalue weighted by atomic mass is 9.95. The fourth-order valence-corrected chi connectivity index (χ4v) is 2.02. The third-order valence-corrected chi connectivity index (χ3v) is 2.76. The van der Waals surface area contributed by atoms with Gasteiger partial charge in [-0.3, -0.25) is 4.79 Å². The lowest BCUT2D eigenvalue weighted by Crippen LogP contribution is -2.24. The molecule has 0 fully saturated rings. The molecule has 1 aromatic heterocycles. The van der Waals surface area contributed by atoms with E-state index in [4.69, 9.17) is 9.52 Å². The highest BCUT2D eigenvalue weighted by atomic mass is 16.4. The van der Waals surface area contributed by atoms with Crippen LogP contribution in [0, 0.1) is 6.92 Å². The zero-order valence-electron chi connectivity index (χ0n) is 8.50. The lowest BCUT2D eigenvalue weighted by molar-refractivity contribution is 0.0690. The Morgan fingerprint density at radius 2 is 2.00 bits per heavy atom. The Kier molecular flexibility index (Phi) is 2.34. The summed E-state index contributed by atoms with van der Waals surface area (Å²) in [6.07, 6.45) is 3.31. The molecule has 1 aliphatic carbocycles. The van der Waals surface area contributed by atoms with Gasteiger partial charge in [0.2, 0.25) is 5.43 Å². The Balaban J connectivity index is 2.70. The topological polar surface area (TPSA) is 67.5 Å².